The van der Waals surface area contributed by atoms with Crippen LogP contribution < -0.4 is 5.73 Å². The van der Waals surface area contributed by atoms with E-state index in [9.17, 15) is 8.78 Å². The Morgan fingerprint density at radius 1 is 1.00 bits per heavy atom. The summed E-state index contributed by atoms with van der Waals surface area (Å²) in [6, 6.07) is 12.6. The van der Waals surface area contributed by atoms with Crippen molar-refractivity contribution in [1.82, 2.24) is 0 Å². The molecule has 2 aromatic rings. The molecule has 0 amide bonds. The molecule has 1 aliphatic carbocycles. The van der Waals surface area contributed by atoms with E-state index in [4.69, 9.17) is 5.73 Å². The van der Waals surface area contributed by atoms with Crippen LogP contribution in [-0.2, 0) is 19.3 Å². The molecule has 3 heteroatoms. The maximum absolute atomic E-state index is 13.4. The van der Waals surface area contributed by atoms with Gasteiger partial charge in [-0.15, -0.1) is 0 Å². The topological polar surface area (TPSA) is 26.0 Å². The predicted molar refractivity (Wildman–Crippen MR) is 80.0 cm³/mol. The molecule has 1 nitrogen and oxygen atoms in total. The maximum atomic E-state index is 13.4. The van der Waals surface area contributed by atoms with Gasteiger partial charge in [0, 0.05) is 0 Å². The van der Waals surface area contributed by atoms with Gasteiger partial charge in [-0.25, -0.2) is 8.78 Å². The first kappa shape index (κ1) is 14.2. The highest BCUT2D eigenvalue weighted by molar-refractivity contribution is 5.32. The number of benzene rings is 2. The first-order valence-electron chi connectivity index (χ1n) is 7.33. The third kappa shape index (κ3) is 2.84. The summed E-state index contributed by atoms with van der Waals surface area (Å²) < 4.78 is 26.4. The van der Waals surface area contributed by atoms with Crippen LogP contribution in [-0.4, -0.2) is 6.54 Å². The summed E-state index contributed by atoms with van der Waals surface area (Å²) in [5.74, 6) is -1.58. The number of fused-ring (bicyclic) bond motifs is 1. The Bertz CT molecular complexity index is 653. The Hall–Kier alpha value is -1.74. The SMILES string of the molecule is NCC1(Cc2ccc(F)c(F)c2)CCc2ccccc2C1. The fourth-order valence-electron chi connectivity index (χ4n) is 3.35. The van der Waals surface area contributed by atoms with Crippen molar-refractivity contribution in [3.63, 3.8) is 0 Å². The van der Waals surface area contributed by atoms with Crippen molar-refractivity contribution in [3.8, 4) is 0 Å². The van der Waals surface area contributed by atoms with Crippen molar-refractivity contribution < 1.29 is 8.78 Å². The molecule has 0 aliphatic heterocycles. The van der Waals surface area contributed by atoms with Gasteiger partial charge in [0.15, 0.2) is 11.6 Å². The standard InChI is InChI=1S/C18H19F2N/c19-16-6-5-13(9-17(16)20)10-18(12-21)8-7-14-3-1-2-4-15(14)11-18/h1-6,9H,7-8,10-12,21H2. The van der Waals surface area contributed by atoms with Crippen molar-refractivity contribution in [2.45, 2.75) is 25.7 Å². The Kier molecular flexibility index (Phi) is 3.77. The van der Waals surface area contributed by atoms with Gasteiger partial charge < -0.3 is 5.73 Å². The lowest BCUT2D eigenvalue weighted by molar-refractivity contribution is 0.253. The molecule has 0 heterocycles. The molecule has 1 atom stereocenters. The summed E-state index contributed by atoms with van der Waals surface area (Å²) in [4.78, 5) is 0. The molecule has 1 aliphatic rings. The molecule has 3 rings (SSSR count). The molecule has 0 saturated carbocycles. The lowest BCUT2D eigenvalue weighted by Crippen LogP contribution is -2.38. The highest BCUT2D eigenvalue weighted by atomic mass is 19.2. The van der Waals surface area contributed by atoms with Crippen molar-refractivity contribution in [3.05, 3.63) is 70.8 Å². The summed E-state index contributed by atoms with van der Waals surface area (Å²) in [6.45, 7) is 0.556. The molecule has 1 unspecified atom stereocenters. The van der Waals surface area contributed by atoms with Gasteiger partial charge in [0.1, 0.15) is 0 Å². The minimum atomic E-state index is -0.797. The van der Waals surface area contributed by atoms with Crippen LogP contribution in [0.15, 0.2) is 42.5 Å². The van der Waals surface area contributed by atoms with Crippen LogP contribution in [0.25, 0.3) is 0 Å². The fourth-order valence-corrected chi connectivity index (χ4v) is 3.35. The van der Waals surface area contributed by atoms with Gasteiger partial charge in [0.2, 0.25) is 0 Å². The zero-order chi connectivity index (χ0) is 14.9. The van der Waals surface area contributed by atoms with Crippen LogP contribution in [0.4, 0.5) is 8.78 Å². The summed E-state index contributed by atoms with van der Waals surface area (Å²) in [7, 11) is 0. The average Bonchev–Trinajstić information content (AvgIpc) is 2.51. The Balaban J connectivity index is 1.86. The fraction of sp³-hybridized carbons (Fsp3) is 0.333. The molecule has 21 heavy (non-hydrogen) atoms. The number of hydrogen-bond acceptors (Lipinski definition) is 1. The van der Waals surface area contributed by atoms with E-state index in [1.165, 1.54) is 23.3 Å². The minimum Gasteiger partial charge on any atom is -0.330 e. The van der Waals surface area contributed by atoms with E-state index in [1.807, 2.05) is 6.07 Å². The van der Waals surface area contributed by atoms with Crippen molar-refractivity contribution in [2.75, 3.05) is 6.54 Å². The van der Waals surface area contributed by atoms with E-state index in [-0.39, 0.29) is 5.41 Å². The van der Waals surface area contributed by atoms with E-state index in [2.05, 4.69) is 18.2 Å². The molecule has 0 saturated heterocycles. The van der Waals surface area contributed by atoms with Crippen LogP contribution in [0.2, 0.25) is 0 Å². The zero-order valence-electron chi connectivity index (χ0n) is 11.9. The second-order valence-corrected chi connectivity index (χ2v) is 6.07. The molecule has 2 N–H and O–H groups in total. The molecule has 110 valence electrons. The second kappa shape index (κ2) is 5.57. The van der Waals surface area contributed by atoms with E-state index >= 15 is 0 Å². The molecule has 0 bridgehead atoms. The first-order valence-corrected chi connectivity index (χ1v) is 7.33. The van der Waals surface area contributed by atoms with Gasteiger partial charge in [0.25, 0.3) is 0 Å². The van der Waals surface area contributed by atoms with Crippen molar-refractivity contribution in [2.24, 2.45) is 11.1 Å². The monoisotopic (exact) mass is 287 g/mol. The third-order valence-corrected chi connectivity index (χ3v) is 4.60. The number of halogens is 2. The highest BCUT2D eigenvalue weighted by Crippen LogP contribution is 2.37. The van der Waals surface area contributed by atoms with Gasteiger partial charge >= 0.3 is 0 Å². The number of hydrogen-bond donors (Lipinski definition) is 1. The van der Waals surface area contributed by atoms with Crippen LogP contribution in [0.1, 0.15) is 23.1 Å². The summed E-state index contributed by atoms with van der Waals surface area (Å²) in [5.41, 5.74) is 9.52. The van der Waals surface area contributed by atoms with Crippen LogP contribution in [0.3, 0.4) is 0 Å². The van der Waals surface area contributed by atoms with E-state index in [0.717, 1.165) is 24.8 Å². The van der Waals surface area contributed by atoms with Crippen molar-refractivity contribution in [1.29, 1.82) is 0 Å². The van der Waals surface area contributed by atoms with E-state index in [0.29, 0.717) is 13.0 Å². The van der Waals surface area contributed by atoms with Gasteiger partial charge in [-0.1, -0.05) is 30.3 Å². The summed E-state index contributed by atoms with van der Waals surface area (Å²) in [5, 5.41) is 0. The van der Waals surface area contributed by atoms with Crippen LogP contribution in [0, 0.1) is 17.0 Å². The molecule has 0 aromatic heterocycles. The number of aryl methyl sites for hydroxylation is 1. The normalized spacial score (nSPS) is 21.1. The quantitative estimate of drug-likeness (QED) is 0.916. The Morgan fingerprint density at radius 2 is 1.76 bits per heavy atom. The molecule has 0 spiro atoms. The molecular formula is C18H19F2N. The average molecular weight is 287 g/mol. The van der Waals surface area contributed by atoms with Crippen molar-refractivity contribution >= 4 is 0 Å². The lowest BCUT2D eigenvalue weighted by atomic mass is 9.68. The Morgan fingerprint density at radius 3 is 2.48 bits per heavy atom. The summed E-state index contributed by atoms with van der Waals surface area (Å²) in [6.07, 6.45) is 3.57. The molecule has 0 fully saturated rings. The van der Waals surface area contributed by atoms with E-state index in [1.54, 1.807) is 6.07 Å². The predicted octanol–water partition coefficient (Wildman–Crippen LogP) is 3.64. The Labute approximate surface area is 123 Å². The molecular weight excluding hydrogens is 268 g/mol. The van der Waals surface area contributed by atoms with Crippen LogP contribution in [0.5, 0.6) is 0 Å². The highest BCUT2D eigenvalue weighted by Gasteiger charge is 2.33. The zero-order valence-corrected chi connectivity index (χ0v) is 11.9. The molecule has 2 aromatic carbocycles. The van der Waals surface area contributed by atoms with Crippen LogP contribution >= 0.6 is 0 Å². The summed E-state index contributed by atoms with van der Waals surface area (Å²) >= 11 is 0. The lowest BCUT2D eigenvalue weighted by Gasteiger charge is -2.37. The second-order valence-electron chi connectivity index (χ2n) is 6.07. The van der Waals surface area contributed by atoms with Gasteiger partial charge in [-0.3, -0.25) is 0 Å². The number of nitrogens with two attached hydrogens (primary N) is 1. The number of rotatable bonds is 3. The minimum absolute atomic E-state index is 0.0569. The third-order valence-electron chi connectivity index (χ3n) is 4.60. The largest absolute Gasteiger partial charge is 0.330 e. The van der Waals surface area contributed by atoms with E-state index < -0.39 is 11.6 Å². The first-order chi connectivity index (χ1) is 10.1. The maximum Gasteiger partial charge on any atom is 0.159 e. The van der Waals surface area contributed by atoms with Gasteiger partial charge in [-0.2, -0.15) is 0 Å². The van der Waals surface area contributed by atoms with Gasteiger partial charge in [-0.05, 0) is 66.5 Å². The molecule has 0 radical (unpaired) electrons. The van der Waals surface area contributed by atoms with Gasteiger partial charge in [0.05, 0.1) is 0 Å². The smallest absolute Gasteiger partial charge is 0.159 e.